The molecule has 4 heteroatoms. The van der Waals surface area contributed by atoms with E-state index in [0.717, 1.165) is 10.6 Å². The van der Waals surface area contributed by atoms with Gasteiger partial charge in [-0.05, 0) is 23.6 Å². The molecule has 1 aromatic heterocycles. The highest BCUT2D eigenvalue weighted by Gasteiger charge is 2.03. The zero-order valence-electron chi connectivity index (χ0n) is 9.71. The van der Waals surface area contributed by atoms with Crippen molar-refractivity contribution in [1.29, 1.82) is 0 Å². The molecule has 2 rings (SSSR count). The summed E-state index contributed by atoms with van der Waals surface area (Å²) < 4.78 is 10.4. The van der Waals surface area contributed by atoms with Gasteiger partial charge in [0.2, 0.25) is 0 Å². The Morgan fingerprint density at radius 1 is 1.12 bits per heavy atom. The monoisotopic (exact) mass is 247 g/mol. The van der Waals surface area contributed by atoms with E-state index in [0.29, 0.717) is 11.5 Å². The van der Waals surface area contributed by atoms with E-state index in [2.05, 4.69) is 4.99 Å². The summed E-state index contributed by atoms with van der Waals surface area (Å²) in [6, 6.07) is 9.61. The number of hydrogen-bond acceptors (Lipinski definition) is 4. The van der Waals surface area contributed by atoms with Gasteiger partial charge >= 0.3 is 0 Å². The van der Waals surface area contributed by atoms with Crippen LogP contribution in [0.25, 0.3) is 0 Å². The average molecular weight is 247 g/mol. The summed E-state index contributed by atoms with van der Waals surface area (Å²) in [4.78, 5) is 5.51. The van der Waals surface area contributed by atoms with Gasteiger partial charge < -0.3 is 9.47 Å². The normalized spacial score (nSPS) is 10.7. The SMILES string of the molecule is COc1ccc(N=Cc2cccs2)cc1OC. The predicted octanol–water partition coefficient (Wildman–Crippen LogP) is 3.52. The summed E-state index contributed by atoms with van der Waals surface area (Å²) in [5, 5.41) is 2.02. The molecule has 0 radical (unpaired) electrons. The van der Waals surface area contributed by atoms with Gasteiger partial charge in [-0.15, -0.1) is 11.3 Å². The first kappa shape index (κ1) is 11.7. The van der Waals surface area contributed by atoms with Crippen LogP contribution in [0.1, 0.15) is 4.88 Å². The highest BCUT2D eigenvalue weighted by Crippen LogP contribution is 2.30. The van der Waals surface area contributed by atoms with E-state index in [-0.39, 0.29) is 0 Å². The first-order valence-electron chi connectivity index (χ1n) is 5.13. The molecule has 88 valence electrons. The number of benzene rings is 1. The third-order valence-electron chi connectivity index (χ3n) is 2.25. The Balaban J connectivity index is 2.22. The highest BCUT2D eigenvalue weighted by molar-refractivity contribution is 7.11. The summed E-state index contributed by atoms with van der Waals surface area (Å²) >= 11 is 1.65. The molecule has 0 saturated heterocycles. The van der Waals surface area contributed by atoms with Gasteiger partial charge in [0.15, 0.2) is 11.5 Å². The predicted molar refractivity (Wildman–Crippen MR) is 71.1 cm³/mol. The molecule has 0 N–H and O–H groups in total. The molecular formula is C13H13NO2S. The molecule has 3 nitrogen and oxygen atoms in total. The van der Waals surface area contributed by atoms with E-state index in [1.807, 2.05) is 41.9 Å². The maximum Gasteiger partial charge on any atom is 0.162 e. The average Bonchev–Trinajstić information content (AvgIpc) is 2.89. The summed E-state index contributed by atoms with van der Waals surface area (Å²) in [5.74, 6) is 1.40. The lowest BCUT2D eigenvalue weighted by atomic mass is 10.3. The van der Waals surface area contributed by atoms with E-state index in [1.54, 1.807) is 25.6 Å². The second-order valence-corrected chi connectivity index (χ2v) is 4.29. The van der Waals surface area contributed by atoms with Crippen LogP contribution in [-0.4, -0.2) is 20.4 Å². The molecule has 0 unspecified atom stereocenters. The third-order valence-corrected chi connectivity index (χ3v) is 3.06. The van der Waals surface area contributed by atoms with Gasteiger partial charge in [0.05, 0.1) is 19.9 Å². The number of aliphatic imine (C=N–C) groups is 1. The number of nitrogens with zero attached hydrogens (tertiary/aromatic N) is 1. The molecule has 0 amide bonds. The van der Waals surface area contributed by atoms with Gasteiger partial charge in [-0.1, -0.05) is 6.07 Å². The lowest BCUT2D eigenvalue weighted by Gasteiger charge is -2.07. The van der Waals surface area contributed by atoms with Crippen LogP contribution < -0.4 is 9.47 Å². The van der Waals surface area contributed by atoms with Crippen molar-refractivity contribution in [3.05, 3.63) is 40.6 Å². The zero-order valence-corrected chi connectivity index (χ0v) is 10.5. The summed E-state index contributed by atoms with van der Waals surface area (Å²) in [6.07, 6.45) is 1.84. The highest BCUT2D eigenvalue weighted by atomic mass is 32.1. The van der Waals surface area contributed by atoms with Crippen molar-refractivity contribution in [3.63, 3.8) is 0 Å². The Bertz CT molecular complexity index is 506. The smallest absolute Gasteiger partial charge is 0.162 e. The van der Waals surface area contributed by atoms with Crippen molar-refractivity contribution < 1.29 is 9.47 Å². The first-order valence-corrected chi connectivity index (χ1v) is 6.01. The minimum atomic E-state index is 0.688. The van der Waals surface area contributed by atoms with Gasteiger partial charge in [-0.3, -0.25) is 4.99 Å². The number of thiophene rings is 1. The fourth-order valence-corrected chi connectivity index (χ4v) is 1.99. The molecule has 2 aromatic rings. The third kappa shape index (κ3) is 2.85. The van der Waals surface area contributed by atoms with Crippen LogP contribution in [0.3, 0.4) is 0 Å². The van der Waals surface area contributed by atoms with Gasteiger partial charge in [0.25, 0.3) is 0 Å². The van der Waals surface area contributed by atoms with Crippen molar-refractivity contribution in [2.45, 2.75) is 0 Å². The maximum atomic E-state index is 5.22. The fourth-order valence-electron chi connectivity index (χ4n) is 1.41. The minimum Gasteiger partial charge on any atom is -0.493 e. The van der Waals surface area contributed by atoms with Crippen LogP contribution in [0.15, 0.2) is 40.7 Å². The van der Waals surface area contributed by atoms with Gasteiger partial charge in [-0.2, -0.15) is 0 Å². The topological polar surface area (TPSA) is 30.8 Å². The van der Waals surface area contributed by atoms with E-state index in [4.69, 9.17) is 9.47 Å². The number of ether oxygens (including phenoxy) is 2. The Labute approximate surface area is 104 Å². The van der Waals surface area contributed by atoms with E-state index < -0.39 is 0 Å². The van der Waals surface area contributed by atoms with Crippen molar-refractivity contribution in [2.75, 3.05) is 14.2 Å². The fraction of sp³-hybridized carbons (Fsp3) is 0.154. The number of rotatable bonds is 4. The molecule has 0 spiro atoms. The molecule has 0 bridgehead atoms. The molecule has 0 saturated carbocycles. The molecule has 0 fully saturated rings. The maximum absolute atomic E-state index is 5.22. The van der Waals surface area contributed by atoms with Crippen LogP contribution in [-0.2, 0) is 0 Å². The number of methoxy groups -OCH3 is 2. The Morgan fingerprint density at radius 3 is 2.59 bits per heavy atom. The van der Waals surface area contributed by atoms with Crippen molar-refractivity contribution in [1.82, 2.24) is 0 Å². The summed E-state index contributed by atoms with van der Waals surface area (Å²) in [7, 11) is 3.23. The van der Waals surface area contributed by atoms with Crippen LogP contribution in [0.5, 0.6) is 11.5 Å². The van der Waals surface area contributed by atoms with E-state index in [9.17, 15) is 0 Å². The summed E-state index contributed by atoms with van der Waals surface area (Å²) in [6.45, 7) is 0. The van der Waals surface area contributed by atoms with E-state index in [1.165, 1.54) is 0 Å². The van der Waals surface area contributed by atoms with Gasteiger partial charge in [0, 0.05) is 17.2 Å². The zero-order chi connectivity index (χ0) is 12.1. The molecule has 1 aromatic carbocycles. The molecule has 17 heavy (non-hydrogen) atoms. The largest absolute Gasteiger partial charge is 0.493 e. The lowest BCUT2D eigenvalue weighted by molar-refractivity contribution is 0.355. The Kier molecular flexibility index (Phi) is 3.77. The molecule has 1 heterocycles. The quantitative estimate of drug-likeness (QED) is 0.774. The first-order chi connectivity index (χ1) is 8.33. The summed E-state index contributed by atoms with van der Waals surface area (Å²) in [5.41, 5.74) is 0.844. The molecular weight excluding hydrogens is 234 g/mol. The van der Waals surface area contributed by atoms with Gasteiger partial charge in [0.1, 0.15) is 0 Å². The van der Waals surface area contributed by atoms with Crippen LogP contribution in [0, 0.1) is 0 Å². The molecule has 0 atom stereocenters. The van der Waals surface area contributed by atoms with Crippen molar-refractivity contribution >= 4 is 23.2 Å². The van der Waals surface area contributed by atoms with E-state index >= 15 is 0 Å². The Morgan fingerprint density at radius 2 is 1.94 bits per heavy atom. The van der Waals surface area contributed by atoms with Crippen LogP contribution >= 0.6 is 11.3 Å². The molecule has 0 aliphatic heterocycles. The molecule has 0 aliphatic rings. The second kappa shape index (κ2) is 5.50. The standard InChI is InChI=1S/C13H13NO2S/c1-15-12-6-5-10(8-13(12)16-2)14-9-11-4-3-7-17-11/h3-9H,1-2H3. The van der Waals surface area contributed by atoms with Gasteiger partial charge in [-0.25, -0.2) is 0 Å². The van der Waals surface area contributed by atoms with Crippen LogP contribution in [0.4, 0.5) is 5.69 Å². The van der Waals surface area contributed by atoms with Crippen molar-refractivity contribution in [3.8, 4) is 11.5 Å². The van der Waals surface area contributed by atoms with Crippen LogP contribution in [0.2, 0.25) is 0 Å². The number of hydrogen-bond donors (Lipinski definition) is 0. The van der Waals surface area contributed by atoms with Crippen molar-refractivity contribution in [2.24, 2.45) is 4.99 Å². The second-order valence-electron chi connectivity index (χ2n) is 3.31. The lowest BCUT2D eigenvalue weighted by Crippen LogP contribution is -1.89. The Hall–Kier alpha value is -1.81. The molecule has 0 aliphatic carbocycles. The minimum absolute atomic E-state index is 0.688.